The summed E-state index contributed by atoms with van der Waals surface area (Å²) >= 11 is 0. The molecule has 2 aromatic rings. The lowest BCUT2D eigenvalue weighted by Gasteiger charge is -2.08. The first-order valence-corrected chi connectivity index (χ1v) is 5.42. The van der Waals surface area contributed by atoms with E-state index in [2.05, 4.69) is 15.1 Å². The van der Waals surface area contributed by atoms with Crippen molar-refractivity contribution in [1.82, 2.24) is 19.6 Å². The Hall–Kier alpha value is -1.98. The van der Waals surface area contributed by atoms with Crippen LogP contribution in [0, 0.1) is 20.8 Å². The summed E-state index contributed by atoms with van der Waals surface area (Å²) in [5, 5.41) is 4.19. The van der Waals surface area contributed by atoms with Crippen LogP contribution in [0.5, 0.6) is 0 Å². The highest BCUT2D eigenvalue weighted by atomic mass is 16.5. The third-order valence-corrected chi connectivity index (χ3v) is 2.48. The molecule has 0 amide bonds. The van der Waals surface area contributed by atoms with Gasteiger partial charge >= 0.3 is 5.97 Å². The van der Waals surface area contributed by atoms with Gasteiger partial charge in [-0.15, -0.1) is 0 Å². The minimum atomic E-state index is -0.370. The van der Waals surface area contributed by atoms with Crippen molar-refractivity contribution < 1.29 is 9.53 Å². The molecule has 0 aliphatic carbocycles. The number of esters is 1. The van der Waals surface area contributed by atoms with E-state index in [0.717, 1.165) is 0 Å². The van der Waals surface area contributed by atoms with Gasteiger partial charge in [0.25, 0.3) is 5.78 Å². The standard InChI is InChI=1S/C11H14N4O2/c1-5-17-10(16)9-6(2)12-11-13-8(4)14-15(11)7(9)3/h5H2,1-4H3. The predicted molar refractivity (Wildman–Crippen MR) is 60.9 cm³/mol. The Morgan fingerprint density at radius 1 is 1.29 bits per heavy atom. The molecule has 0 atom stereocenters. The van der Waals surface area contributed by atoms with E-state index in [4.69, 9.17) is 4.74 Å². The molecule has 0 saturated carbocycles. The Morgan fingerprint density at radius 2 is 2.00 bits per heavy atom. The maximum atomic E-state index is 11.8. The van der Waals surface area contributed by atoms with Crippen LogP contribution in [-0.2, 0) is 4.74 Å². The van der Waals surface area contributed by atoms with Crippen molar-refractivity contribution >= 4 is 11.7 Å². The number of carbonyl (C=O) groups is 1. The van der Waals surface area contributed by atoms with Gasteiger partial charge in [-0.3, -0.25) is 0 Å². The van der Waals surface area contributed by atoms with Gasteiger partial charge in [0.1, 0.15) is 11.4 Å². The summed E-state index contributed by atoms with van der Waals surface area (Å²) in [6.45, 7) is 7.47. The molecule has 0 aromatic carbocycles. The molecular formula is C11H14N4O2. The van der Waals surface area contributed by atoms with E-state index in [-0.39, 0.29) is 5.97 Å². The molecule has 2 rings (SSSR count). The number of fused-ring (bicyclic) bond motifs is 1. The molecule has 0 unspecified atom stereocenters. The van der Waals surface area contributed by atoms with Gasteiger partial charge in [-0.2, -0.15) is 10.1 Å². The lowest BCUT2D eigenvalue weighted by molar-refractivity contribution is 0.0523. The van der Waals surface area contributed by atoms with E-state index in [0.29, 0.717) is 35.2 Å². The average molecular weight is 234 g/mol. The number of hydrogen-bond donors (Lipinski definition) is 0. The van der Waals surface area contributed by atoms with E-state index in [1.54, 1.807) is 25.3 Å². The van der Waals surface area contributed by atoms with E-state index < -0.39 is 0 Å². The summed E-state index contributed by atoms with van der Waals surface area (Å²) in [7, 11) is 0. The molecule has 0 aliphatic rings. The zero-order valence-corrected chi connectivity index (χ0v) is 10.3. The van der Waals surface area contributed by atoms with Crippen LogP contribution in [0.2, 0.25) is 0 Å². The van der Waals surface area contributed by atoms with E-state index >= 15 is 0 Å². The second-order valence-electron chi connectivity index (χ2n) is 3.75. The number of ether oxygens (including phenoxy) is 1. The summed E-state index contributed by atoms with van der Waals surface area (Å²) in [5.41, 5.74) is 1.77. The highest BCUT2D eigenvalue weighted by molar-refractivity contribution is 5.91. The van der Waals surface area contributed by atoms with Gasteiger partial charge in [0.05, 0.1) is 18.0 Å². The van der Waals surface area contributed by atoms with E-state index in [1.807, 2.05) is 6.92 Å². The molecule has 0 bridgehead atoms. The number of rotatable bonds is 2. The summed E-state index contributed by atoms with van der Waals surface area (Å²) in [4.78, 5) is 20.2. The van der Waals surface area contributed by atoms with Crippen molar-refractivity contribution in [3.63, 3.8) is 0 Å². The topological polar surface area (TPSA) is 69.4 Å². The molecule has 90 valence electrons. The van der Waals surface area contributed by atoms with Crippen molar-refractivity contribution in [2.24, 2.45) is 0 Å². The first kappa shape index (κ1) is 11.5. The highest BCUT2D eigenvalue weighted by Gasteiger charge is 2.19. The summed E-state index contributed by atoms with van der Waals surface area (Å²) in [6, 6.07) is 0. The monoisotopic (exact) mass is 234 g/mol. The minimum Gasteiger partial charge on any atom is -0.462 e. The van der Waals surface area contributed by atoms with Gasteiger partial charge < -0.3 is 4.74 Å². The van der Waals surface area contributed by atoms with Crippen LogP contribution in [-0.4, -0.2) is 32.2 Å². The summed E-state index contributed by atoms with van der Waals surface area (Å²) in [5.74, 6) is 0.761. The van der Waals surface area contributed by atoms with Crippen molar-refractivity contribution in [2.75, 3.05) is 6.61 Å². The van der Waals surface area contributed by atoms with Gasteiger partial charge in [0, 0.05) is 0 Å². The Balaban J connectivity index is 2.66. The van der Waals surface area contributed by atoms with Crippen molar-refractivity contribution in [2.45, 2.75) is 27.7 Å². The van der Waals surface area contributed by atoms with Crippen LogP contribution < -0.4 is 0 Å². The molecule has 0 aliphatic heterocycles. The van der Waals surface area contributed by atoms with Crippen molar-refractivity contribution in [3.8, 4) is 0 Å². The molecule has 0 N–H and O–H groups in total. The van der Waals surface area contributed by atoms with Crippen LogP contribution in [0.4, 0.5) is 0 Å². The van der Waals surface area contributed by atoms with E-state index in [9.17, 15) is 4.79 Å². The van der Waals surface area contributed by atoms with Crippen LogP contribution in [0.25, 0.3) is 5.78 Å². The number of aromatic nitrogens is 4. The average Bonchev–Trinajstić information content (AvgIpc) is 2.59. The first-order chi connectivity index (χ1) is 8.04. The lowest BCUT2D eigenvalue weighted by Crippen LogP contribution is -2.14. The van der Waals surface area contributed by atoms with Crippen molar-refractivity contribution in [3.05, 3.63) is 22.8 Å². The second kappa shape index (κ2) is 4.12. The Kier molecular flexibility index (Phi) is 2.79. The van der Waals surface area contributed by atoms with Gasteiger partial charge in [0.2, 0.25) is 0 Å². The molecule has 0 fully saturated rings. The molecule has 17 heavy (non-hydrogen) atoms. The smallest absolute Gasteiger partial charge is 0.341 e. The van der Waals surface area contributed by atoms with E-state index in [1.165, 1.54) is 0 Å². The quantitative estimate of drug-likeness (QED) is 0.731. The van der Waals surface area contributed by atoms with Crippen molar-refractivity contribution in [1.29, 1.82) is 0 Å². The second-order valence-corrected chi connectivity index (χ2v) is 3.75. The van der Waals surface area contributed by atoms with Crippen LogP contribution in [0.3, 0.4) is 0 Å². The molecule has 0 spiro atoms. The number of carbonyl (C=O) groups excluding carboxylic acids is 1. The Bertz CT molecular complexity index is 589. The van der Waals surface area contributed by atoms with Crippen LogP contribution in [0.15, 0.2) is 0 Å². The molecule has 6 nitrogen and oxygen atoms in total. The van der Waals surface area contributed by atoms with Gasteiger partial charge in [-0.25, -0.2) is 14.3 Å². The SMILES string of the molecule is CCOC(=O)c1c(C)nc2nc(C)nn2c1C. The third-order valence-electron chi connectivity index (χ3n) is 2.48. The number of aryl methyl sites for hydroxylation is 3. The summed E-state index contributed by atoms with van der Waals surface area (Å²) in [6.07, 6.45) is 0. The fourth-order valence-corrected chi connectivity index (χ4v) is 1.77. The van der Waals surface area contributed by atoms with Gasteiger partial charge in [-0.1, -0.05) is 0 Å². The zero-order valence-electron chi connectivity index (χ0n) is 10.3. The summed E-state index contributed by atoms with van der Waals surface area (Å²) < 4.78 is 6.57. The normalized spacial score (nSPS) is 10.8. The Morgan fingerprint density at radius 3 is 2.65 bits per heavy atom. The third kappa shape index (κ3) is 1.86. The van der Waals surface area contributed by atoms with Crippen LogP contribution in [0.1, 0.15) is 34.5 Å². The molecule has 6 heteroatoms. The first-order valence-electron chi connectivity index (χ1n) is 5.42. The minimum absolute atomic E-state index is 0.339. The number of hydrogen-bond acceptors (Lipinski definition) is 5. The maximum Gasteiger partial charge on any atom is 0.341 e. The van der Waals surface area contributed by atoms with Gasteiger partial charge in [-0.05, 0) is 27.7 Å². The molecule has 2 aromatic heterocycles. The molecule has 0 saturated heterocycles. The Labute approximate surface area is 98.6 Å². The fourth-order valence-electron chi connectivity index (χ4n) is 1.77. The zero-order chi connectivity index (χ0) is 12.6. The fraction of sp³-hybridized carbons (Fsp3) is 0.455. The number of nitrogens with zero attached hydrogens (tertiary/aromatic N) is 4. The highest BCUT2D eigenvalue weighted by Crippen LogP contribution is 2.14. The molecule has 0 radical (unpaired) electrons. The largest absolute Gasteiger partial charge is 0.462 e. The molecular weight excluding hydrogens is 220 g/mol. The predicted octanol–water partition coefficient (Wildman–Crippen LogP) is 1.23. The van der Waals surface area contributed by atoms with Crippen LogP contribution >= 0.6 is 0 Å². The van der Waals surface area contributed by atoms with Gasteiger partial charge in [0.15, 0.2) is 0 Å². The maximum absolute atomic E-state index is 11.8. The lowest BCUT2D eigenvalue weighted by atomic mass is 10.2. The molecule has 2 heterocycles.